The molecular weight excluding hydrogens is 808 g/mol. The van der Waals surface area contributed by atoms with Gasteiger partial charge in [-0.15, -0.1) is 0 Å². The minimum atomic E-state index is -0.849. The number of hydrogen-bond donors (Lipinski definition) is 4. The minimum Gasteiger partial charge on any atom is -0.490 e. The van der Waals surface area contributed by atoms with E-state index in [1.54, 1.807) is 48.5 Å². The maximum Gasteiger partial charge on any atom is 0.303 e. The van der Waals surface area contributed by atoms with Crippen molar-refractivity contribution in [1.29, 1.82) is 0 Å². The first-order chi connectivity index (χ1) is 29.8. The van der Waals surface area contributed by atoms with Crippen LogP contribution in [0.1, 0.15) is 61.8 Å². The van der Waals surface area contributed by atoms with Crippen LogP contribution < -0.4 is 18.9 Å². The molecule has 0 aromatic heterocycles. The van der Waals surface area contributed by atoms with Gasteiger partial charge in [-0.05, 0) is 70.8 Å². The van der Waals surface area contributed by atoms with Crippen LogP contribution in [0.4, 0.5) is 0 Å². The first kappa shape index (κ1) is 48.5. The van der Waals surface area contributed by atoms with E-state index >= 15 is 0 Å². The summed E-state index contributed by atoms with van der Waals surface area (Å²) in [7, 11) is 0. The van der Waals surface area contributed by atoms with Crippen molar-refractivity contribution in [3.63, 3.8) is 0 Å². The molecule has 0 saturated carbocycles. The summed E-state index contributed by atoms with van der Waals surface area (Å²) < 4.78 is 43.9. The van der Waals surface area contributed by atoms with E-state index in [1.165, 1.54) is 27.7 Å². The second-order valence-electron chi connectivity index (χ2n) is 14.1. The third-order valence-electron chi connectivity index (χ3n) is 9.18. The van der Waals surface area contributed by atoms with E-state index in [9.17, 15) is 39.6 Å². The summed E-state index contributed by atoms with van der Waals surface area (Å²) in [4.78, 5) is 45.9. The zero-order valence-electron chi connectivity index (χ0n) is 35.0. The molecule has 16 heteroatoms. The third kappa shape index (κ3) is 15.7. The van der Waals surface area contributed by atoms with Gasteiger partial charge in [0, 0.05) is 39.5 Å². The molecule has 334 valence electrons. The monoisotopic (exact) mass is 862 g/mol. The molecule has 0 heterocycles. The molecule has 4 atom stereocenters. The summed E-state index contributed by atoms with van der Waals surface area (Å²) in [6.45, 7) is 3.06. The minimum absolute atomic E-state index is 0.0692. The first-order valence-corrected chi connectivity index (χ1v) is 19.9. The summed E-state index contributed by atoms with van der Waals surface area (Å²) in [6, 6.07) is 29.5. The first-order valence-electron chi connectivity index (χ1n) is 19.9. The molecule has 0 amide bonds. The fourth-order valence-electron chi connectivity index (χ4n) is 6.43. The van der Waals surface area contributed by atoms with E-state index in [0.717, 1.165) is 22.3 Å². The van der Waals surface area contributed by atoms with Gasteiger partial charge in [-0.1, -0.05) is 48.5 Å². The zero-order chi connectivity index (χ0) is 45.0. The lowest BCUT2D eigenvalue weighted by Gasteiger charge is -2.30. The van der Waals surface area contributed by atoms with Gasteiger partial charge in [0.2, 0.25) is 0 Å². The Bertz CT molecular complexity index is 1700. The van der Waals surface area contributed by atoms with Gasteiger partial charge in [-0.3, -0.25) is 19.2 Å². The molecule has 0 radical (unpaired) electrons. The number of aliphatic hydroxyl groups excluding tert-OH is 4. The molecule has 62 heavy (non-hydrogen) atoms. The number of carbonyl (C=O) groups excluding carboxylic acids is 4. The SMILES string of the molecule is CC(=O)OC(CO)COc1ccc(C(c2ccc(OCC(CO)OC(C)=O)cc2)C(c2ccc(OCC(CO)OC(C)=O)cc2)c2ccc(OCC(CO)OC(C)=O)cc2)cc1. The van der Waals surface area contributed by atoms with Crippen molar-refractivity contribution in [3.05, 3.63) is 119 Å². The predicted molar refractivity (Wildman–Crippen MR) is 222 cm³/mol. The molecule has 0 fully saturated rings. The Kier molecular flexibility index (Phi) is 19.5. The van der Waals surface area contributed by atoms with Crippen molar-refractivity contribution >= 4 is 23.9 Å². The van der Waals surface area contributed by atoms with Gasteiger partial charge in [0.25, 0.3) is 0 Å². The number of esters is 4. The van der Waals surface area contributed by atoms with Crippen molar-refractivity contribution in [2.75, 3.05) is 52.9 Å². The summed E-state index contributed by atoms with van der Waals surface area (Å²) in [5.74, 6) is -1.07. The molecular formula is C46H54O16. The topological polar surface area (TPSA) is 223 Å². The van der Waals surface area contributed by atoms with Crippen LogP contribution in [0, 0.1) is 0 Å². The van der Waals surface area contributed by atoms with Gasteiger partial charge >= 0.3 is 23.9 Å². The van der Waals surface area contributed by atoms with Crippen molar-refractivity contribution in [1.82, 2.24) is 0 Å². The third-order valence-corrected chi connectivity index (χ3v) is 9.18. The van der Waals surface area contributed by atoms with Crippen LogP contribution in [0.5, 0.6) is 23.0 Å². The highest BCUT2D eigenvalue weighted by Crippen LogP contribution is 2.44. The molecule has 16 nitrogen and oxygen atoms in total. The van der Waals surface area contributed by atoms with Gasteiger partial charge in [0.05, 0.1) is 26.4 Å². The Morgan fingerprint density at radius 2 is 0.532 bits per heavy atom. The lowest BCUT2D eigenvalue weighted by Crippen LogP contribution is -2.27. The molecule has 0 aliphatic carbocycles. The number of aliphatic hydroxyl groups is 4. The average Bonchev–Trinajstić information content (AvgIpc) is 3.26. The average molecular weight is 863 g/mol. The van der Waals surface area contributed by atoms with Gasteiger partial charge in [0.15, 0.2) is 24.4 Å². The standard InChI is InChI=1S/C46H54O16/c1-29(51)59-41(21-47)25-55-37-13-5-33(6-14-37)45(34-7-15-38(16-8-34)56-26-42(22-48)60-30(2)52)46(35-9-17-39(18-10-35)57-27-43(23-49)61-31(3)53)36-11-19-40(20-12-36)58-28-44(24-50)62-32(4)54/h5-20,41-50H,21-28H2,1-4H3. The zero-order valence-corrected chi connectivity index (χ0v) is 35.0. The van der Waals surface area contributed by atoms with E-state index in [1.807, 2.05) is 48.5 Å². The van der Waals surface area contributed by atoms with Gasteiger partial charge in [0.1, 0.15) is 49.4 Å². The lowest BCUT2D eigenvalue weighted by atomic mass is 9.73. The summed E-state index contributed by atoms with van der Waals surface area (Å²) >= 11 is 0. The fraction of sp³-hybridized carbons (Fsp3) is 0.391. The van der Waals surface area contributed by atoms with E-state index < -0.39 is 74.7 Å². The molecule has 4 aromatic carbocycles. The van der Waals surface area contributed by atoms with E-state index in [-0.39, 0.29) is 38.3 Å². The molecule has 4 unspecified atom stereocenters. The van der Waals surface area contributed by atoms with Crippen molar-refractivity contribution < 1.29 is 77.5 Å². The van der Waals surface area contributed by atoms with Crippen molar-refractivity contribution in [3.8, 4) is 23.0 Å². The summed E-state index contributed by atoms with van der Waals surface area (Å²) in [5.41, 5.74) is 3.46. The van der Waals surface area contributed by atoms with E-state index in [2.05, 4.69) is 0 Å². The molecule has 0 saturated heterocycles. The number of hydrogen-bond acceptors (Lipinski definition) is 16. The number of carbonyl (C=O) groups is 4. The largest absolute Gasteiger partial charge is 0.490 e. The Morgan fingerprint density at radius 3 is 0.677 bits per heavy atom. The lowest BCUT2D eigenvalue weighted by molar-refractivity contribution is -0.150. The van der Waals surface area contributed by atoms with Crippen LogP contribution >= 0.6 is 0 Å². The molecule has 4 aromatic rings. The van der Waals surface area contributed by atoms with Crippen LogP contribution in [0.3, 0.4) is 0 Å². The maximum atomic E-state index is 11.5. The summed E-state index contributed by atoms with van der Waals surface area (Å²) in [6.07, 6.45) is -3.40. The van der Waals surface area contributed by atoms with Crippen LogP contribution in [0.25, 0.3) is 0 Å². The molecule has 4 rings (SSSR count). The number of rotatable bonds is 25. The fourth-order valence-corrected chi connectivity index (χ4v) is 6.43. The molecule has 0 aliphatic heterocycles. The predicted octanol–water partition coefficient (Wildman–Crippen LogP) is 3.86. The highest BCUT2D eigenvalue weighted by atomic mass is 16.6. The van der Waals surface area contributed by atoms with Gasteiger partial charge < -0.3 is 58.3 Å². The molecule has 0 spiro atoms. The van der Waals surface area contributed by atoms with Crippen LogP contribution in [0.2, 0.25) is 0 Å². The maximum absolute atomic E-state index is 11.5. The highest BCUT2D eigenvalue weighted by Gasteiger charge is 2.29. The summed E-state index contributed by atoms with van der Waals surface area (Å²) in [5, 5.41) is 38.6. The second kappa shape index (κ2) is 24.9. The number of ether oxygens (including phenoxy) is 8. The van der Waals surface area contributed by atoms with Crippen LogP contribution in [-0.2, 0) is 38.1 Å². The van der Waals surface area contributed by atoms with Crippen LogP contribution in [0.15, 0.2) is 97.1 Å². The highest BCUT2D eigenvalue weighted by molar-refractivity contribution is 5.67. The molecule has 4 N–H and O–H groups in total. The van der Waals surface area contributed by atoms with E-state index in [0.29, 0.717) is 23.0 Å². The Balaban J connectivity index is 1.76. The second-order valence-corrected chi connectivity index (χ2v) is 14.1. The van der Waals surface area contributed by atoms with Gasteiger partial charge in [-0.2, -0.15) is 0 Å². The normalized spacial score (nSPS) is 13.9. The number of benzene rings is 4. The Hall–Kier alpha value is -6.20. The van der Waals surface area contributed by atoms with Crippen LogP contribution in [-0.4, -0.2) is 122 Å². The van der Waals surface area contributed by atoms with E-state index in [4.69, 9.17) is 37.9 Å². The Morgan fingerprint density at radius 1 is 0.355 bits per heavy atom. The smallest absolute Gasteiger partial charge is 0.303 e. The quantitative estimate of drug-likeness (QED) is 0.0549. The van der Waals surface area contributed by atoms with Crippen molar-refractivity contribution in [2.24, 2.45) is 0 Å². The molecule has 0 bridgehead atoms. The Labute approximate surface area is 359 Å². The van der Waals surface area contributed by atoms with Crippen molar-refractivity contribution in [2.45, 2.75) is 63.9 Å². The molecule has 0 aliphatic rings. The van der Waals surface area contributed by atoms with Gasteiger partial charge in [-0.25, -0.2) is 0 Å².